The Balaban J connectivity index is 2.36. The zero-order valence-corrected chi connectivity index (χ0v) is 9.66. The number of benzene rings is 1. The standard InChI is InChI=1S/C13H17NO2/c1-8-4-3-5-10(9(8)2)11-6-7-14-12(11)13(15)16/h3-5,11-12,14H,6-7H2,1-2H3,(H,15,16). The topological polar surface area (TPSA) is 49.3 Å². The highest BCUT2D eigenvalue weighted by Gasteiger charge is 2.34. The van der Waals surface area contributed by atoms with Crippen LogP contribution in [0, 0.1) is 13.8 Å². The zero-order chi connectivity index (χ0) is 11.7. The van der Waals surface area contributed by atoms with E-state index in [9.17, 15) is 4.79 Å². The van der Waals surface area contributed by atoms with Gasteiger partial charge in [-0.15, -0.1) is 0 Å². The quantitative estimate of drug-likeness (QED) is 0.798. The minimum atomic E-state index is -0.747. The SMILES string of the molecule is Cc1cccc(C2CCNC2C(=O)O)c1C. The number of nitrogens with one attached hydrogen (secondary N) is 1. The van der Waals surface area contributed by atoms with Crippen molar-refractivity contribution < 1.29 is 9.90 Å². The molecule has 0 spiro atoms. The maximum atomic E-state index is 11.1. The van der Waals surface area contributed by atoms with Crippen LogP contribution < -0.4 is 5.32 Å². The fraction of sp³-hybridized carbons (Fsp3) is 0.462. The highest BCUT2D eigenvalue weighted by Crippen LogP contribution is 2.31. The molecule has 0 radical (unpaired) electrons. The summed E-state index contributed by atoms with van der Waals surface area (Å²) in [4.78, 5) is 11.1. The lowest BCUT2D eigenvalue weighted by Crippen LogP contribution is -2.34. The summed E-state index contributed by atoms with van der Waals surface area (Å²) >= 11 is 0. The number of hydrogen-bond acceptors (Lipinski definition) is 2. The molecule has 86 valence electrons. The van der Waals surface area contributed by atoms with Crippen molar-refractivity contribution in [1.29, 1.82) is 0 Å². The van der Waals surface area contributed by atoms with E-state index in [1.165, 1.54) is 16.7 Å². The van der Waals surface area contributed by atoms with E-state index >= 15 is 0 Å². The van der Waals surface area contributed by atoms with E-state index in [-0.39, 0.29) is 5.92 Å². The number of aryl methyl sites for hydroxylation is 1. The first-order valence-corrected chi connectivity index (χ1v) is 5.63. The van der Waals surface area contributed by atoms with Crippen molar-refractivity contribution in [2.24, 2.45) is 0 Å². The Labute approximate surface area is 95.5 Å². The summed E-state index contributed by atoms with van der Waals surface area (Å²) in [7, 11) is 0. The lowest BCUT2D eigenvalue weighted by molar-refractivity contribution is -0.139. The summed E-state index contributed by atoms with van der Waals surface area (Å²) in [5.41, 5.74) is 3.63. The van der Waals surface area contributed by atoms with Crippen molar-refractivity contribution >= 4 is 5.97 Å². The van der Waals surface area contributed by atoms with Crippen LogP contribution in [0.15, 0.2) is 18.2 Å². The number of carbonyl (C=O) groups is 1. The molecule has 0 aromatic heterocycles. The Hall–Kier alpha value is -1.35. The molecule has 1 aliphatic rings. The first kappa shape index (κ1) is 11.1. The molecule has 2 unspecified atom stereocenters. The normalized spacial score (nSPS) is 24.6. The highest BCUT2D eigenvalue weighted by atomic mass is 16.4. The van der Waals surface area contributed by atoms with Gasteiger partial charge in [-0.2, -0.15) is 0 Å². The minimum Gasteiger partial charge on any atom is -0.480 e. The molecule has 1 aromatic carbocycles. The molecule has 0 saturated carbocycles. The van der Waals surface area contributed by atoms with Gasteiger partial charge in [0.2, 0.25) is 0 Å². The molecule has 1 aliphatic heterocycles. The van der Waals surface area contributed by atoms with Gasteiger partial charge in [0.1, 0.15) is 6.04 Å². The van der Waals surface area contributed by atoms with Crippen LogP contribution in [0.4, 0.5) is 0 Å². The fourth-order valence-corrected chi connectivity index (χ4v) is 2.47. The van der Waals surface area contributed by atoms with Gasteiger partial charge in [-0.3, -0.25) is 4.79 Å². The van der Waals surface area contributed by atoms with Crippen LogP contribution in [0.3, 0.4) is 0 Å². The molecule has 2 N–H and O–H groups in total. The molecule has 1 heterocycles. The molecule has 3 nitrogen and oxygen atoms in total. The van der Waals surface area contributed by atoms with Crippen LogP contribution in [0.1, 0.15) is 29.0 Å². The third-order valence-electron chi connectivity index (χ3n) is 3.53. The summed E-state index contributed by atoms with van der Waals surface area (Å²) < 4.78 is 0. The molecule has 0 aliphatic carbocycles. The van der Waals surface area contributed by atoms with Gasteiger partial charge in [0.15, 0.2) is 0 Å². The average molecular weight is 219 g/mol. The van der Waals surface area contributed by atoms with E-state index in [1.54, 1.807) is 0 Å². The molecule has 1 saturated heterocycles. The van der Waals surface area contributed by atoms with E-state index < -0.39 is 12.0 Å². The lowest BCUT2D eigenvalue weighted by Gasteiger charge is -2.19. The van der Waals surface area contributed by atoms with Crippen molar-refractivity contribution in [2.75, 3.05) is 6.54 Å². The fourth-order valence-electron chi connectivity index (χ4n) is 2.47. The predicted octanol–water partition coefficient (Wildman–Crippen LogP) is 1.83. The first-order valence-electron chi connectivity index (χ1n) is 5.63. The molecule has 1 fully saturated rings. The molecule has 3 heteroatoms. The van der Waals surface area contributed by atoms with Crippen LogP contribution in [-0.4, -0.2) is 23.7 Å². The van der Waals surface area contributed by atoms with E-state index in [0.717, 1.165) is 13.0 Å². The summed E-state index contributed by atoms with van der Waals surface area (Å²) in [5.74, 6) is -0.638. The molecule has 16 heavy (non-hydrogen) atoms. The predicted molar refractivity (Wildman–Crippen MR) is 62.7 cm³/mol. The van der Waals surface area contributed by atoms with Crippen molar-refractivity contribution in [3.8, 4) is 0 Å². The maximum Gasteiger partial charge on any atom is 0.321 e. The molecule has 0 amide bonds. The molecule has 0 bridgehead atoms. The number of aliphatic carboxylic acids is 1. The Morgan fingerprint density at radius 2 is 2.19 bits per heavy atom. The van der Waals surface area contributed by atoms with Gasteiger partial charge in [-0.25, -0.2) is 0 Å². The van der Waals surface area contributed by atoms with E-state index in [0.29, 0.717) is 0 Å². The van der Waals surface area contributed by atoms with Gasteiger partial charge < -0.3 is 10.4 Å². The second kappa shape index (κ2) is 4.26. The van der Waals surface area contributed by atoms with Crippen molar-refractivity contribution in [3.63, 3.8) is 0 Å². The number of carboxylic acids is 1. The Kier molecular flexibility index (Phi) is 2.97. The molecule has 1 aromatic rings. The van der Waals surface area contributed by atoms with Gasteiger partial charge in [0.25, 0.3) is 0 Å². The smallest absolute Gasteiger partial charge is 0.321 e. The number of rotatable bonds is 2. The van der Waals surface area contributed by atoms with Gasteiger partial charge in [0, 0.05) is 5.92 Å². The number of hydrogen-bond donors (Lipinski definition) is 2. The lowest BCUT2D eigenvalue weighted by atomic mass is 9.87. The van der Waals surface area contributed by atoms with Gasteiger partial charge in [0.05, 0.1) is 0 Å². The van der Waals surface area contributed by atoms with E-state index in [4.69, 9.17) is 5.11 Å². The Morgan fingerprint density at radius 3 is 2.88 bits per heavy atom. The molecule has 2 rings (SSSR count). The maximum absolute atomic E-state index is 11.1. The second-order valence-electron chi connectivity index (χ2n) is 4.45. The van der Waals surface area contributed by atoms with Crippen LogP contribution in [0.2, 0.25) is 0 Å². The van der Waals surface area contributed by atoms with Crippen molar-refractivity contribution in [3.05, 3.63) is 34.9 Å². The van der Waals surface area contributed by atoms with Crippen molar-refractivity contribution in [1.82, 2.24) is 5.32 Å². The summed E-state index contributed by atoms with van der Waals surface area (Å²) in [6, 6.07) is 5.70. The van der Waals surface area contributed by atoms with Gasteiger partial charge in [-0.05, 0) is 43.5 Å². The summed E-state index contributed by atoms with van der Waals surface area (Å²) in [5, 5.41) is 12.2. The molecular formula is C13H17NO2. The second-order valence-corrected chi connectivity index (χ2v) is 4.45. The first-order chi connectivity index (χ1) is 7.61. The Morgan fingerprint density at radius 1 is 1.44 bits per heavy atom. The van der Waals surface area contributed by atoms with E-state index in [1.807, 2.05) is 6.07 Å². The van der Waals surface area contributed by atoms with Crippen LogP contribution in [0.25, 0.3) is 0 Å². The van der Waals surface area contributed by atoms with Crippen LogP contribution in [-0.2, 0) is 4.79 Å². The molecule has 2 atom stereocenters. The zero-order valence-electron chi connectivity index (χ0n) is 9.66. The van der Waals surface area contributed by atoms with Crippen LogP contribution in [0.5, 0.6) is 0 Å². The third kappa shape index (κ3) is 1.83. The minimum absolute atomic E-state index is 0.109. The Bertz CT molecular complexity index is 414. The summed E-state index contributed by atoms with van der Waals surface area (Å²) in [6.07, 6.45) is 0.904. The highest BCUT2D eigenvalue weighted by molar-refractivity contribution is 5.75. The monoisotopic (exact) mass is 219 g/mol. The van der Waals surface area contributed by atoms with Crippen molar-refractivity contribution in [2.45, 2.75) is 32.2 Å². The van der Waals surface area contributed by atoms with E-state index in [2.05, 4.69) is 31.3 Å². The molecular weight excluding hydrogens is 202 g/mol. The number of carboxylic acid groups (broad SMARTS) is 1. The van der Waals surface area contributed by atoms with Gasteiger partial charge >= 0.3 is 5.97 Å². The average Bonchev–Trinajstić information content (AvgIpc) is 2.70. The van der Waals surface area contributed by atoms with Gasteiger partial charge in [-0.1, -0.05) is 18.2 Å². The summed E-state index contributed by atoms with van der Waals surface area (Å²) in [6.45, 7) is 4.92. The largest absolute Gasteiger partial charge is 0.480 e. The third-order valence-corrected chi connectivity index (χ3v) is 3.53. The van der Waals surface area contributed by atoms with Crippen LogP contribution >= 0.6 is 0 Å².